The Hall–Kier alpha value is -2.52. The van der Waals surface area contributed by atoms with Crippen LogP contribution >= 0.6 is 11.3 Å². The minimum atomic E-state index is -0.484. The number of carbonyl (C=O) groups excluding carboxylic acids is 1. The minimum Gasteiger partial charge on any atom is -0.378 e. The highest BCUT2D eigenvalue weighted by Gasteiger charge is 2.23. The largest absolute Gasteiger partial charge is 0.378 e. The van der Waals surface area contributed by atoms with Crippen molar-refractivity contribution in [1.29, 1.82) is 0 Å². The predicted octanol–water partition coefficient (Wildman–Crippen LogP) is 3.02. The number of rotatable bonds is 4. The molecular weight excluding hydrogens is 368 g/mol. The van der Waals surface area contributed by atoms with Crippen molar-refractivity contribution < 1.29 is 14.5 Å². The van der Waals surface area contributed by atoms with Crippen LogP contribution in [0.25, 0.3) is 0 Å². The van der Waals surface area contributed by atoms with Gasteiger partial charge in [0.05, 0.1) is 35.1 Å². The number of anilines is 2. The van der Waals surface area contributed by atoms with Crippen molar-refractivity contribution in [3.05, 3.63) is 44.4 Å². The van der Waals surface area contributed by atoms with Gasteiger partial charge in [0, 0.05) is 30.1 Å². The molecule has 2 aliphatic rings. The molecule has 4 rings (SSSR count). The zero-order valence-electron chi connectivity index (χ0n) is 14.8. The second-order valence-electron chi connectivity index (χ2n) is 6.61. The second-order valence-corrected chi connectivity index (χ2v) is 7.69. The highest BCUT2D eigenvalue weighted by atomic mass is 32.1. The zero-order chi connectivity index (χ0) is 18.8. The maximum Gasteiger partial charge on any atom is 0.270 e. The number of fused-ring (bicyclic) bond motifs is 1. The van der Waals surface area contributed by atoms with Gasteiger partial charge >= 0.3 is 0 Å². The lowest BCUT2D eigenvalue weighted by Gasteiger charge is -2.30. The number of aryl methyl sites for hydroxylation is 2. The lowest BCUT2D eigenvalue weighted by Crippen LogP contribution is -2.37. The Morgan fingerprint density at radius 3 is 2.78 bits per heavy atom. The van der Waals surface area contributed by atoms with Gasteiger partial charge in [0.2, 0.25) is 0 Å². The van der Waals surface area contributed by atoms with Gasteiger partial charge in [-0.25, -0.2) is 4.98 Å². The first-order valence-electron chi connectivity index (χ1n) is 9.03. The number of nitrogens with one attached hydrogen (secondary N) is 1. The Bertz CT molecular complexity index is 853. The Kier molecular flexibility index (Phi) is 5.04. The lowest BCUT2D eigenvalue weighted by atomic mass is 10.0. The summed E-state index contributed by atoms with van der Waals surface area (Å²) in [6.45, 7) is 2.42. The van der Waals surface area contributed by atoms with Crippen molar-refractivity contribution in [2.24, 2.45) is 0 Å². The molecule has 0 saturated carbocycles. The molecule has 0 spiro atoms. The van der Waals surface area contributed by atoms with E-state index in [1.807, 2.05) is 4.90 Å². The topological polar surface area (TPSA) is 97.6 Å². The van der Waals surface area contributed by atoms with E-state index in [9.17, 15) is 14.9 Å². The van der Waals surface area contributed by atoms with Crippen molar-refractivity contribution in [1.82, 2.24) is 4.98 Å². The summed E-state index contributed by atoms with van der Waals surface area (Å²) in [6, 6.07) is 4.42. The average molecular weight is 388 g/mol. The van der Waals surface area contributed by atoms with E-state index in [2.05, 4.69) is 10.3 Å². The van der Waals surface area contributed by atoms with Crippen molar-refractivity contribution in [3.8, 4) is 0 Å². The number of benzene rings is 1. The fourth-order valence-electron chi connectivity index (χ4n) is 3.47. The summed E-state index contributed by atoms with van der Waals surface area (Å²) in [5.74, 6) is -0.369. The smallest absolute Gasteiger partial charge is 0.270 e. The Balaban J connectivity index is 1.63. The number of carbonyl (C=O) groups is 1. The molecule has 1 amide bonds. The Morgan fingerprint density at radius 2 is 2.04 bits per heavy atom. The molecule has 1 aromatic carbocycles. The molecule has 0 unspecified atom stereocenters. The Labute approximate surface area is 160 Å². The summed E-state index contributed by atoms with van der Waals surface area (Å²) in [5, 5.41) is 14.6. The van der Waals surface area contributed by atoms with Gasteiger partial charge in [-0.1, -0.05) is 0 Å². The first-order chi connectivity index (χ1) is 13.1. The van der Waals surface area contributed by atoms with Crippen LogP contribution < -0.4 is 10.2 Å². The van der Waals surface area contributed by atoms with Crippen LogP contribution in [0, 0.1) is 10.1 Å². The third-order valence-corrected chi connectivity index (χ3v) is 5.93. The van der Waals surface area contributed by atoms with Crippen LogP contribution in [0.1, 0.15) is 33.8 Å². The summed E-state index contributed by atoms with van der Waals surface area (Å²) in [7, 11) is 0. The number of morpholine rings is 1. The van der Waals surface area contributed by atoms with Crippen LogP contribution in [-0.2, 0) is 17.6 Å². The summed E-state index contributed by atoms with van der Waals surface area (Å²) >= 11 is 1.50. The number of non-ortho nitro benzene ring substituents is 1. The van der Waals surface area contributed by atoms with E-state index in [4.69, 9.17) is 4.74 Å². The number of nitrogens with zero attached hydrogens (tertiary/aromatic N) is 3. The fourth-order valence-corrected chi connectivity index (χ4v) is 4.51. The molecule has 9 heteroatoms. The van der Waals surface area contributed by atoms with E-state index in [0.29, 0.717) is 42.7 Å². The van der Waals surface area contributed by atoms with Gasteiger partial charge in [0.15, 0.2) is 5.13 Å². The SMILES string of the molecule is O=C(Nc1nc2c(s1)CCCC2)c1cc([N+](=O)[O-])ccc1N1CCOCC1. The molecule has 8 nitrogen and oxygen atoms in total. The normalized spacial score (nSPS) is 16.7. The molecule has 1 saturated heterocycles. The zero-order valence-corrected chi connectivity index (χ0v) is 15.6. The molecule has 1 aliphatic carbocycles. The van der Waals surface area contributed by atoms with E-state index in [1.54, 1.807) is 6.07 Å². The van der Waals surface area contributed by atoms with Crippen molar-refractivity contribution in [2.75, 3.05) is 36.5 Å². The predicted molar refractivity (Wildman–Crippen MR) is 103 cm³/mol. The highest BCUT2D eigenvalue weighted by molar-refractivity contribution is 7.15. The van der Waals surface area contributed by atoms with Crippen molar-refractivity contribution in [3.63, 3.8) is 0 Å². The minimum absolute atomic E-state index is 0.101. The second kappa shape index (κ2) is 7.61. The number of thiazole rings is 1. The van der Waals surface area contributed by atoms with E-state index in [0.717, 1.165) is 31.4 Å². The molecule has 27 heavy (non-hydrogen) atoms. The van der Waals surface area contributed by atoms with Crippen molar-refractivity contribution in [2.45, 2.75) is 25.7 Å². The van der Waals surface area contributed by atoms with Crippen LogP contribution in [0.3, 0.4) is 0 Å². The maximum atomic E-state index is 12.9. The van der Waals surface area contributed by atoms with Crippen LogP contribution in [0.15, 0.2) is 18.2 Å². The van der Waals surface area contributed by atoms with Crippen LogP contribution in [0.2, 0.25) is 0 Å². The maximum absolute atomic E-state index is 12.9. The molecule has 0 atom stereocenters. The van der Waals surface area contributed by atoms with E-state index in [1.165, 1.54) is 28.3 Å². The van der Waals surface area contributed by atoms with Gasteiger partial charge in [-0.3, -0.25) is 20.2 Å². The third-order valence-electron chi connectivity index (χ3n) is 4.85. The molecule has 142 valence electrons. The molecule has 1 aliphatic heterocycles. The molecule has 1 fully saturated rings. The number of aromatic nitrogens is 1. The van der Waals surface area contributed by atoms with Crippen LogP contribution in [0.5, 0.6) is 0 Å². The number of hydrogen-bond acceptors (Lipinski definition) is 7. The first-order valence-corrected chi connectivity index (χ1v) is 9.84. The van der Waals surface area contributed by atoms with Gasteiger partial charge in [-0.05, 0) is 31.7 Å². The molecule has 2 heterocycles. The van der Waals surface area contributed by atoms with Crippen LogP contribution in [-0.4, -0.2) is 42.1 Å². The molecule has 0 bridgehead atoms. The van der Waals surface area contributed by atoms with Gasteiger partial charge in [-0.2, -0.15) is 0 Å². The average Bonchev–Trinajstić information content (AvgIpc) is 3.10. The number of nitro benzene ring substituents is 1. The summed E-state index contributed by atoms with van der Waals surface area (Å²) < 4.78 is 5.37. The van der Waals surface area contributed by atoms with Crippen molar-refractivity contribution >= 4 is 33.8 Å². The Morgan fingerprint density at radius 1 is 1.26 bits per heavy atom. The van der Waals surface area contributed by atoms with E-state index < -0.39 is 4.92 Å². The van der Waals surface area contributed by atoms with Gasteiger partial charge < -0.3 is 9.64 Å². The van der Waals surface area contributed by atoms with Gasteiger partial charge in [-0.15, -0.1) is 11.3 Å². The third kappa shape index (κ3) is 3.79. The molecule has 0 radical (unpaired) electrons. The molecule has 1 N–H and O–H groups in total. The van der Waals surface area contributed by atoms with E-state index >= 15 is 0 Å². The standard InChI is InChI=1S/C18H20N4O4S/c23-17(20-18-19-14-3-1-2-4-16(14)27-18)13-11-12(22(24)25)5-6-15(13)21-7-9-26-10-8-21/h5-6,11H,1-4,7-10H2,(H,19,20,23). The first kappa shape index (κ1) is 17.9. The highest BCUT2D eigenvalue weighted by Crippen LogP contribution is 2.31. The number of nitro groups is 1. The number of ether oxygens (including phenoxy) is 1. The lowest BCUT2D eigenvalue weighted by molar-refractivity contribution is -0.384. The van der Waals surface area contributed by atoms with Gasteiger partial charge in [0.25, 0.3) is 11.6 Å². The van der Waals surface area contributed by atoms with Crippen LogP contribution in [0.4, 0.5) is 16.5 Å². The molecule has 2 aromatic rings. The van der Waals surface area contributed by atoms with E-state index in [-0.39, 0.29) is 11.6 Å². The fraction of sp³-hybridized carbons (Fsp3) is 0.444. The quantitative estimate of drug-likeness (QED) is 0.639. The number of hydrogen-bond donors (Lipinski definition) is 1. The summed E-state index contributed by atoms with van der Waals surface area (Å²) in [5.41, 5.74) is 1.94. The monoisotopic (exact) mass is 388 g/mol. The summed E-state index contributed by atoms with van der Waals surface area (Å²) in [4.78, 5) is 31.4. The van der Waals surface area contributed by atoms with Gasteiger partial charge in [0.1, 0.15) is 0 Å². The molecule has 1 aromatic heterocycles. The number of amides is 1. The molecular formula is C18H20N4O4S. The summed E-state index contributed by atoms with van der Waals surface area (Å²) in [6.07, 6.45) is 4.21.